The van der Waals surface area contributed by atoms with Gasteiger partial charge in [0.05, 0.1) is 0 Å². The Hall–Kier alpha value is -0.980. The van der Waals surface area contributed by atoms with Crippen LogP contribution in [-0.2, 0) is 5.41 Å². The van der Waals surface area contributed by atoms with E-state index in [1.807, 2.05) is 0 Å². The highest BCUT2D eigenvalue weighted by molar-refractivity contribution is 5.53. The highest BCUT2D eigenvalue weighted by Crippen LogP contribution is 2.26. The van der Waals surface area contributed by atoms with Crippen molar-refractivity contribution in [3.63, 3.8) is 0 Å². The molecule has 0 aliphatic rings. The lowest BCUT2D eigenvalue weighted by Gasteiger charge is -2.21. The molecular weight excluding hydrogens is 182 g/mol. The summed E-state index contributed by atoms with van der Waals surface area (Å²) in [5.41, 5.74) is 4.21. The minimum absolute atomic E-state index is 0.237. The Balaban J connectivity index is 2.98. The van der Waals surface area contributed by atoms with Crippen LogP contribution in [0.5, 0.6) is 0 Å². The fourth-order valence-corrected chi connectivity index (χ4v) is 1.60. The normalized spacial score (nSPS) is 11.9. The molecule has 0 radical (unpaired) electrons. The third-order valence-corrected chi connectivity index (χ3v) is 2.54. The van der Waals surface area contributed by atoms with Gasteiger partial charge in [0.1, 0.15) is 0 Å². The van der Waals surface area contributed by atoms with Gasteiger partial charge in [-0.2, -0.15) is 0 Å². The molecule has 0 atom stereocenters. The van der Waals surface area contributed by atoms with E-state index in [2.05, 4.69) is 65.1 Å². The fraction of sp³-hybridized carbons (Fsp3) is 0.571. The van der Waals surface area contributed by atoms with Crippen molar-refractivity contribution in [2.75, 3.05) is 5.32 Å². The monoisotopic (exact) mass is 205 g/mol. The van der Waals surface area contributed by atoms with Gasteiger partial charge in [0.15, 0.2) is 0 Å². The van der Waals surface area contributed by atoms with Gasteiger partial charge < -0.3 is 5.32 Å². The van der Waals surface area contributed by atoms with Crippen LogP contribution in [-0.4, -0.2) is 6.04 Å². The van der Waals surface area contributed by atoms with E-state index in [1.165, 1.54) is 16.8 Å². The smallest absolute Gasteiger partial charge is 0.0372 e. The topological polar surface area (TPSA) is 12.0 Å². The molecule has 0 amide bonds. The zero-order chi connectivity index (χ0) is 11.6. The molecule has 1 aromatic carbocycles. The van der Waals surface area contributed by atoms with E-state index in [0.717, 1.165) is 0 Å². The second-order valence-electron chi connectivity index (χ2n) is 5.58. The summed E-state index contributed by atoms with van der Waals surface area (Å²) in [4.78, 5) is 0. The molecule has 0 bridgehead atoms. The van der Waals surface area contributed by atoms with Gasteiger partial charge in [-0.1, -0.05) is 32.9 Å². The molecule has 15 heavy (non-hydrogen) atoms. The van der Waals surface area contributed by atoms with Crippen molar-refractivity contribution in [2.45, 2.75) is 53.0 Å². The van der Waals surface area contributed by atoms with Gasteiger partial charge in [-0.15, -0.1) is 0 Å². The van der Waals surface area contributed by atoms with E-state index in [9.17, 15) is 0 Å². The first-order valence-corrected chi connectivity index (χ1v) is 5.68. The molecule has 1 nitrogen and oxygen atoms in total. The van der Waals surface area contributed by atoms with E-state index in [0.29, 0.717) is 6.04 Å². The molecule has 0 aliphatic carbocycles. The summed E-state index contributed by atoms with van der Waals surface area (Å²) in [5.74, 6) is 0. The molecule has 0 unspecified atom stereocenters. The van der Waals surface area contributed by atoms with Crippen molar-refractivity contribution in [1.82, 2.24) is 0 Å². The summed E-state index contributed by atoms with van der Waals surface area (Å²) in [5, 5.41) is 3.45. The summed E-state index contributed by atoms with van der Waals surface area (Å²) >= 11 is 0. The summed E-state index contributed by atoms with van der Waals surface area (Å²) in [7, 11) is 0. The van der Waals surface area contributed by atoms with Gasteiger partial charge in [-0.05, 0) is 43.4 Å². The lowest BCUT2D eigenvalue weighted by molar-refractivity contribution is 0.590. The van der Waals surface area contributed by atoms with E-state index >= 15 is 0 Å². The van der Waals surface area contributed by atoms with Crippen molar-refractivity contribution in [2.24, 2.45) is 0 Å². The standard InChI is InChI=1S/C14H23N/c1-10(2)15-13-8-7-12(9-11(13)3)14(4,5)6/h7-10,15H,1-6H3. The first-order chi connectivity index (χ1) is 6.80. The first kappa shape index (κ1) is 12.1. The van der Waals surface area contributed by atoms with Crippen LogP contribution in [0, 0.1) is 6.92 Å². The molecule has 0 spiro atoms. The number of hydrogen-bond donors (Lipinski definition) is 1. The Labute approximate surface area is 93.9 Å². The maximum absolute atomic E-state index is 3.45. The summed E-state index contributed by atoms with van der Waals surface area (Å²) < 4.78 is 0. The minimum Gasteiger partial charge on any atom is -0.383 e. The van der Waals surface area contributed by atoms with Crippen molar-refractivity contribution >= 4 is 5.69 Å². The molecule has 0 aromatic heterocycles. The van der Waals surface area contributed by atoms with Crippen LogP contribution in [0.1, 0.15) is 45.7 Å². The largest absolute Gasteiger partial charge is 0.383 e. The molecule has 0 fully saturated rings. The van der Waals surface area contributed by atoms with Gasteiger partial charge in [0.2, 0.25) is 0 Å². The average Bonchev–Trinajstić information content (AvgIpc) is 2.05. The van der Waals surface area contributed by atoms with Gasteiger partial charge in [-0.3, -0.25) is 0 Å². The van der Waals surface area contributed by atoms with Gasteiger partial charge in [0.25, 0.3) is 0 Å². The number of hydrogen-bond acceptors (Lipinski definition) is 1. The SMILES string of the molecule is Cc1cc(C(C)(C)C)ccc1NC(C)C. The lowest BCUT2D eigenvalue weighted by Crippen LogP contribution is -2.14. The quantitative estimate of drug-likeness (QED) is 0.766. The Morgan fingerprint density at radius 1 is 1.13 bits per heavy atom. The van der Waals surface area contributed by atoms with Crippen LogP contribution in [0.2, 0.25) is 0 Å². The van der Waals surface area contributed by atoms with Gasteiger partial charge in [-0.25, -0.2) is 0 Å². The predicted octanol–water partition coefficient (Wildman–Crippen LogP) is 4.11. The second-order valence-corrected chi connectivity index (χ2v) is 5.58. The van der Waals surface area contributed by atoms with E-state index in [1.54, 1.807) is 0 Å². The summed E-state index contributed by atoms with van der Waals surface area (Å²) in [6, 6.07) is 7.18. The Bertz CT molecular complexity index is 332. The molecule has 0 aliphatic heterocycles. The zero-order valence-electron chi connectivity index (χ0n) is 10.8. The molecule has 1 aromatic rings. The number of rotatable bonds is 2. The fourth-order valence-electron chi connectivity index (χ4n) is 1.60. The Kier molecular flexibility index (Phi) is 3.43. The third kappa shape index (κ3) is 3.26. The Morgan fingerprint density at radius 3 is 2.13 bits per heavy atom. The molecular formula is C14H23N. The molecule has 1 heteroatoms. The highest BCUT2D eigenvalue weighted by Gasteiger charge is 2.14. The molecule has 84 valence electrons. The van der Waals surface area contributed by atoms with Crippen molar-refractivity contribution in [3.05, 3.63) is 29.3 Å². The molecule has 1 N–H and O–H groups in total. The molecule has 0 saturated heterocycles. The van der Waals surface area contributed by atoms with Crippen molar-refractivity contribution in [1.29, 1.82) is 0 Å². The number of anilines is 1. The summed E-state index contributed by atoms with van der Waals surface area (Å²) in [6.07, 6.45) is 0. The van der Waals surface area contributed by atoms with Crippen LogP contribution in [0.15, 0.2) is 18.2 Å². The van der Waals surface area contributed by atoms with Crippen LogP contribution >= 0.6 is 0 Å². The minimum atomic E-state index is 0.237. The highest BCUT2D eigenvalue weighted by atomic mass is 14.9. The first-order valence-electron chi connectivity index (χ1n) is 5.68. The maximum atomic E-state index is 3.45. The lowest BCUT2D eigenvalue weighted by atomic mass is 9.86. The number of aryl methyl sites for hydroxylation is 1. The number of benzene rings is 1. The van der Waals surface area contributed by atoms with E-state index < -0.39 is 0 Å². The predicted molar refractivity (Wildman–Crippen MR) is 68.6 cm³/mol. The van der Waals surface area contributed by atoms with Gasteiger partial charge in [0, 0.05) is 11.7 Å². The zero-order valence-corrected chi connectivity index (χ0v) is 10.8. The van der Waals surface area contributed by atoms with Crippen LogP contribution < -0.4 is 5.32 Å². The van der Waals surface area contributed by atoms with Crippen molar-refractivity contribution in [3.8, 4) is 0 Å². The van der Waals surface area contributed by atoms with Crippen LogP contribution in [0.4, 0.5) is 5.69 Å². The van der Waals surface area contributed by atoms with E-state index in [4.69, 9.17) is 0 Å². The van der Waals surface area contributed by atoms with Crippen molar-refractivity contribution < 1.29 is 0 Å². The third-order valence-electron chi connectivity index (χ3n) is 2.54. The number of nitrogens with one attached hydrogen (secondary N) is 1. The van der Waals surface area contributed by atoms with E-state index in [-0.39, 0.29) is 5.41 Å². The molecule has 0 saturated carbocycles. The van der Waals surface area contributed by atoms with Crippen LogP contribution in [0.25, 0.3) is 0 Å². The summed E-state index contributed by atoms with van der Waals surface area (Å²) in [6.45, 7) is 13.2. The molecule has 0 heterocycles. The second kappa shape index (κ2) is 4.26. The molecule has 1 rings (SSSR count). The van der Waals surface area contributed by atoms with Gasteiger partial charge >= 0.3 is 0 Å². The average molecular weight is 205 g/mol. The Morgan fingerprint density at radius 2 is 1.73 bits per heavy atom. The van der Waals surface area contributed by atoms with Crippen LogP contribution in [0.3, 0.4) is 0 Å². The maximum Gasteiger partial charge on any atom is 0.0372 e.